The van der Waals surface area contributed by atoms with Crippen molar-refractivity contribution in [3.05, 3.63) is 0 Å². The van der Waals surface area contributed by atoms with Gasteiger partial charge in [0, 0.05) is 20.1 Å². The molecule has 4 nitrogen and oxygen atoms in total. The van der Waals surface area contributed by atoms with Crippen molar-refractivity contribution in [2.75, 3.05) is 26.9 Å². The molecule has 0 aliphatic carbocycles. The molecule has 0 saturated carbocycles. The Morgan fingerprint density at radius 3 is 2.54 bits per heavy atom. The highest BCUT2D eigenvalue weighted by Gasteiger charge is 2.21. The van der Waals surface area contributed by atoms with E-state index in [0.29, 0.717) is 19.6 Å². The van der Waals surface area contributed by atoms with Crippen molar-refractivity contribution < 1.29 is 14.6 Å². The molecule has 0 amide bonds. The second-order valence-corrected chi connectivity index (χ2v) is 3.58. The second-order valence-electron chi connectivity index (χ2n) is 3.58. The molecule has 2 atom stereocenters. The van der Waals surface area contributed by atoms with Crippen molar-refractivity contribution in [2.45, 2.75) is 32.0 Å². The van der Waals surface area contributed by atoms with E-state index in [1.165, 1.54) is 0 Å². The number of methoxy groups -OCH3 is 1. The van der Waals surface area contributed by atoms with Gasteiger partial charge in [0.05, 0.1) is 24.9 Å². The van der Waals surface area contributed by atoms with Crippen LogP contribution >= 0.6 is 0 Å². The molecule has 2 unspecified atom stereocenters. The largest absolute Gasteiger partial charge is 0.389 e. The zero-order chi connectivity index (χ0) is 10.3. The summed E-state index contributed by atoms with van der Waals surface area (Å²) in [5.41, 5.74) is 4.55. The van der Waals surface area contributed by atoms with Crippen LogP contribution in [0.5, 0.6) is 0 Å². The molecule has 80 valence electrons. The quantitative estimate of drug-likeness (QED) is 0.562. The Bertz CT molecular complexity index is 128. The summed E-state index contributed by atoms with van der Waals surface area (Å²) >= 11 is 0. The monoisotopic (exact) mass is 191 g/mol. The maximum absolute atomic E-state index is 9.61. The standard InChI is InChI=1S/C9H21NO3/c1-8(13-5-4-12-3)6-9(2,11)7-10/h8,11H,4-7,10H2,1-3H3. The zero-order valence-corrected chi connectivity index (χ0v) is 8.75. The van der Waals surface area contributed by atoms with Crippen LogP contribution in [0.2, 0.25) is 0 Å². The lowest BCUT2D eigenvalue weighted by atomic mass is 10.00. The van der Waals surface area contributed by atoms with Crippen LogP contribution in [0, 0.1) is 0 Å². The van der Waals surface area contributed by atoms with Crippen molar-refractivity contribution in [1.82, 2.24) is 0 Å². The van der Waals surface area contributed by atoms with Crippen LogP contribution in [0.25, 0.3) is 0 Å². The third-order valence-corrected chi connectivity index (χ3v) is 1.86. The molecule has 0 spiro atoms. The Morgan fingerprint density at radius 1 is 1.46 bits per heavy atom. The first-order valence-corrected chi connectivity index (χ1v) is 4.55. The van der Waals surface area contributed by atoms with Gasteiger partial charge < -0.3 is 20.3 Å². The van der Waals surface area contributed by atoms with Crippen LogP contribution in [0.15, 0.2) is 0 Å². The summed E-state index contributed by atoms with van der Waals surface area (Å²) in [6.07, 6.45) is 0.557. The van der Waals surface area contributed by atoms with Crippen molar-refractivity contribution >= 4 is 0 Å². The first-order valence-electron chi connectivity index (χ1n) is 4.55. The summed E-state index contributed by atoms with van der Waals surface area (Å²) in [6, 6.07) is 0. The first kappa shape index (κ1) is 12.8. The second kappa shape index (κ2) is 6.32. The summed E-state index contributed by atoms with van der Waals surface area (Å²) in [4.78, 5) is 0. The summed E-state index contributed by atoms with van der Waals surface area (Å²) in [5, 5.41) is 9.61. The minimum atomic E-state index is -0.827. The van der Waals surface area contributed by atoms with Gasteiger partial charge in [0.15, 0.2) is 0 Å². The average Bonchev–Trinajstić information content (AvgIpc) is 2.04. The fourth-order valence-electron chi connectivity index (χ4n) is 1.09. The number of nitrogens with two attached hydrogens (primary N) is 1. The smallest absolute Gasteiger partial charge is 0.0765 e. The maximum atomic E-state index is 9.61. The van der Waals surface area contributed by atoms with E-state index in [2.05, 4.69) is 0 Å². The van der Waals surface area contributed by atoms with Gasteiger partial charge in [-0.15, -0.1) is 0 Å². The van der Waals surface area contributed by atoms with Crippen molar-refractivity contribution in [1.29, 1.82) is 0 Å². The molecule has 4 heteroatoms. The van der Waals surface area contributed by atoms with Crippen LogP contribution in [0.3, 0.4) is 0 Å². The fourth-order valence-corrected chi connectivity index (χ4v) is 1.09. The van der Waals surface area contributed by atoms with Crippen LogP contribution in [-0.2, 0) is 9.47 Å². The summed E-state index contributed by atoms with van der Waals surface area (Å²) < 4.78 is 10.2. The summed E-state index contributed by atoms with van der Waals surface area (Å²) in [7, 11) is 1.63. The Balaban J connectivity index is 3.55. The molecular weight excluding hydrogens is 170 g/mol. The van der Waals surface area contributed by atoms with E-state index >= 15 is 0 Å². The maximum Gasteiger partial charge on any atom is 0.0765 e. The van der Waals surface area contributed by atoms with Gasteiger partial charge in [-0.1, -0.05) is 0 Å². The van der Waals surface area contributed by atoms with Crippen LogP contribution in [0.1, 0.15) is 20.3 Å². The molecule has 0 aromatic carbocycles. The lowest BCUT2D eigenvalue weighted by Gasteiger charge is -2.25. The third-order valence-electron chi connectivity index (χ3n) is 1.86. The lowest BCUT2D eigenvalue weighted by Crippen LogP contribution is -2.38. The number of rotatable bonds is 7. The Labute approximate surface area is 80.0 Å². The van der Waals surface area contributed by atoms with E-state index in [1.54, 1.807) is 14.0 Å². The van der Waals surface area contributed by atoms with Crippen LogP contribution in [-0.4, -0.2) is 43.7 Å². The fraction of sp³-hybridized carbons (Fsp3) is 1.00. The van der Waals surface area contributed by atoms with E-state index in [-0.39, 0.29) is 12.6 Å². The predicted molar refractivity (Wildman–Crippen MR) is 51.6 cm³/mol. The van der Waals surface area contributed by atoms with Crippen molar-refractivity contribution in [3.63, 3.8) is 0 Å². The molecule has 0 bridgehead atoms. The summed E-state index contributed by atoms with van der Waals surface area (Å²) in [6.45, 7) is 5.02. The molecule has 0 aliphatic rings. The zero-order valence-electron chi connectivity index (χ0n) is 8.75. The Morgan fingerprint density at radius 2 is 2.08 bits per heavy atom. The highest BCUT2D eigenvalue weighted by atomic mass is 16.5. The SMILES string of the molecule is COCCOC(C)CC(C)(O)CN. The minimum Gasteiger partial charge on any atom is -0.389 e. The number of hydrogen-bond donors (Lipinski definition) is 2. The number of hydrogen-bond acceptors (Lipinski definition) is 4. The lowest BCUT2D eigenvalue weighted by molar-refractivity contribution is -0.0301. The van der Waals surface area contributed by atoms with Crippen molar-refractivity contribution in [3.8, 4) is 0 Å². The number of aliphatic hydroxyl groups is 1. The Hall–Kier alpha value is -0.160. The van der Waals surface area contributed by atoms with Gasteiger partial charge in [0.2, 0.25) is 0 Å². The number of ether oxygens (including phenoxy) is 2. The molecule has 3 N–H and O–H groups in total. The van der Waals surface area contributed by atoms with Gasteiger partial charge in [0.1, 0.15) is 0 Å². The van der Waals surface area contributed by atoms with Gasteiger partial charge in [0.25, 0.3) is 0 Å². The molecule has 0 rings (SSSR count). The van der Waals surface area contributed by atoms with E-state index in [1.807, 2.05) is 6.92 Å². The minimum absolute atomic E-state index is 0.00806. The molecule has 13 heavy (non-hydrogen) atoms. The molecule has 0 aromatic heterocycles. The topological polar surface area (TPSA) is 64.7 Å². The molecule has 0 radical (unpaired) electrons. The molecule has 0 aromatic rings. The first-order chi connectivity index (χ1) is 6.02. The third kappa shape index (κ3) is 6.95. The van der Waals surface area contributed by atoms with Gasteiger partial charge in [-0.3, -0.25) is 0 Å². The Kier molecular flexibility index (Phi) is 6.24. The normalized spacial score (nSPS) is 18.2. The van der Waals surface area contributed by atoms with E-state index in [9.17, 15) is 5.11 Å². The molecule has 0 saturated heterocycles. The van der Waals surface area contributed by atoms with Gasteiger partial charge in [-0.05, 0) is 13.8 Å². The summed E-state index contributed by atoms with van der Waals surface area (Å²) in [5.74, 6) is 0. The average molecular weight is 191 g/mol. The molecule has 0 aliphatic heterocycles. The highest BCUT2D eigenvalue weighted by molar-refractivity contribution is 4.76. The van der Waals surface area contributed by atoms with Gasteiger partial charge in [-0.2, -0.15) is 0 Å². The molecule has 0 fully saturated rings. The van der Waals surface area contributed by atoms with Crippen LogP contribution < -0.4 is 5.73 Å². The van der Waals surface area contributed by atoms with E-state index < -0.39 is 5.60 Å². The van der Waals surface area contributed by atoms with Crippen LogP contribution in [0.4, 0.5) is 0 Å². The molecule has 0 heterocycles. The predicted octanol–water partition coefficient (Wildman–Crippen LogP) is 0.138. The van der Waals surface area contributed by atoms with Crippen molar-refractivity contribution in [2.24, 2.45) is 5.73 Å². The molecular formula is C9H21NO3. The van der Waals surface area contributed by atoms with Gasteiger partial charge >= 0.3 is 0 Å². The van der Waals surface area contributed by atoms with E-state index in [4.69, 9.17) is 15.2 Å². The van der Waals surface area contributed by atoms with Gasteiger partial charge in [-0.25, -0.2) is 0 Å². The van der Waals surface area contributed by atoms with E-state index in [0.717, 1.165) is 0 Å². The highest BCUT2D eigenvalue weighted by Crippen LogP contribution is 2.12.